The first-order valence-electron chi connectivity index (χ1n) is 5.96. The van der Waals surface area contributed by atoms with Crippen LogP contribution in [0, 0.1) is 0 Å². The van der Waals surface area contributed by atoms with E-state index in [1.807, 2.05) is 0 Å². The van der Waals surface area contributed by atoms with Crippen molar-refractivity contribution in [3.05, 3.63) is 0 Å². The van der Waals surface area contributed by atoms with Crippen molar-refractivity contribution in [1.82, 2.24) is 5.32 Å². The fourth-order valence-corrected chi connectivity index (χ4v) is 1.74. The van der Waals surface area contributed by atoms with Crippen LogP contribution >= 0.6 is 0 Å². The van der Waals surface area contributed by atoms with E-state index in [2.05, 4.69) is 39.9 Å². The van der Waals surface area contributed by atoms with Crippen molar-refractivity contribution in [2.45, 2.75) is 65.5 Å². The molecular formula is C12H27NO. The molecule has 0 bridgehead atoms. The second-order valence-corrected chi connectivity index (χ2v) is 4.19. The second kappa shape index (κ2) is 7.24. The summed E-state index contributed by atoms with van der Waals surface area (Å²) in [5.41, 5.74) is 0.334. The molecule has 0 aliphatic heterocycles. The summed E-state index contributed by atoms with van der Waals surface area (Å²) in [4.78, 5) is 0. The number of hydrogen-bond acceptors (Lipinski definition) is 2. The topological polar surface area (TPSA) is 21.3 Å². The van der Waals surface area contributed by atoms with Crippen LogP contribution in [-0.2, 0) is 4.74 Å². The van der Waals surface area contributed by atoms with Crippen molar-refractivity contribution in [3.63, 3.8) is 0 Å². The number of nitrogens with one attached hydrogen (secondary N) is 1. The summed E-state index contributed by atoms with van der Waals surface area (Å²) in [7, 11) is 0. The Bertz CT molecular complexity index is 122. The monoisotopic (exact) mass is 201 g/mol. The predicted octanol–water partition coefficient (Wildman–Crippen LogP) is 2.97. The SMILES string of the molecule is CCC(CC)(CC)NCCOC(C)C. The number of hydrogen-bond donors (Lipinski definition) is 1. The summed E-state index contributed by atoms with van der Waals surface area (Å²) in [6.45, 7) is 12.7. The van der Waals surface area contributed by atoms with Crippen LogP contribution in [0.5, 0.6) is 0 Å². The Hall–Kier alpha value is -0.0800. The van der Waals surface area contributed by atoms with Gasteiger partial charge in [-0.05, 0) is 33.1 Å². The highest BCUT2D eigenvalue weighted by atomic mass is 16.5. The molecule has 0 aromatic heterocycles. The van der Waals surface area contributed by atoms with Gasteiger partial charge in [-0.1, -0.05) is 20.8 Å². The molecule has 2 nitrogen and oxygen atoms in total. The molecule has 0 fully saturated rings. The van der Waals surface area contributed by atoms with Crippen molar-refractivity contribution >= 4 is 0 Å². The minimum Gasteiger partial charge on any atom is -0.377 e. The van der Waals surface area contributed by atoms with E-state index in [4.69, 9.17) is 4.74 Å². The maximum atomic E-state index is 5.51. The van der Waals surface area contributed by atoms with Gasteiger partial charge in [0, 0.05) is 12.1 Å². The summed E-state index contributed by atoms with van der Waals surface area (Å²) in [5, 5.41) is 3.61. The Kier molecular flexibility index (Phi) is 7.20. The molecule has 0 atom stereocenters. The molecule has 14 heavy (non-hydrogen) atoms. The van der Waals surface area contributed by atoms with Gasteiger partial charge in [-0.15, -0.1) is 0 Å². The molecule has 0 spiro atoms. The summed E-state index contributed by atoms with van der Waals surface area (Å²) in [6.07, 6.45) is 3.93. The van der Waals surface area contributed by atoms with Gasteiger partial charge in [0.1, 0.15) is 0 Å². The molecule has 0 aromatic carbocycles. The Morgan fingerprint density at radius 2 is 1.57 bits per heavy atom. The van der Waals surface area contributed by atoms with E-state index in [0.29, 0.717) is 11.6 Å². The van der Waals surface area contributed by atoms with E-state index in [1.165, 1.54) is 19.3 Å². The summed E-state index contributed by atoms with van der Waals surface area (Å²) >= 11 is 0. The minimum absolute atomic E-state index is 0.334. The first-order valence-corrected chi connectivity index (χ1v) is 5.96. The largest absolute Gasteiger partial charge is 0.377 e. The number of ether oxygens (including phenoxy) is 1. The highest BCUT2D eigenvalue weighted by Crippen LogP contribution is 2.18. The smallest absolute Gasteiger partial charge is 0.0594 e. The first kappa shape index (κ1) is 13.9. The standard InChI is InChI=1S/C12H27NO/c1-6-12(7-2,8-3)13-9-10-14-11(4)5/h11,13H,6-10H2,1-5H3. The summed E-state index contributed by atoms with van der Waals surface area (Å²) in [5.74, 6) is 0. The fraction of sp³-hybridized carbons (Fsp3) is 1.00. The van der Waals surface area contributed by atoms with Gasteiger partial charge in [0.15, 0.2) is 0 Å². The molecule has 86 valence electrons. The van der Waals surface area contributed by atoms with Crippen LogP contribution in [-0.4, -0.2) is 24.8 Å². The van der Waals surface area contributed by atoms with E-state index >= 15 is 0 Å². The molecule has 0 amide bonds. The van der Waals surface area contributed by atoms with Gasteiger partial charge in [-0.2, -0.15) is 0 Å². The third kappa shape index (κ3) is 4.97. The first-order chi connectivity index (χ1) is 6.60. The lowest BCUT2D eigenvalue weighted by molar-refractivity contribution is 0.0746. The van der Waals surface area contributed by atoms with Crippen LogP contribution < -0.4 is 5.32 Å². The summed E-state index contributed by atoms with van der Waals surface area (Å²) in [6, 6.07) is 0. The maximum absolute atomic E-state index is 5.51. The fourth-order valence-electron chi connectivity index (χ4n) is 1.74. The van der Waals surface area contributed by atoms with Crippen molar-refractivity contribution in [2.24, 2.45) is 0 Å². The molecule has 0 saturated heterocycles. The molecule has 0 rings (SSSR count). The van der Waals surface area contributed by atoms with Crippen LogP contribution in [0.1, 0.15) is 53.9 Å². The van der Waals surface area contributed by atoms with Gasteiger partial charge in [0.2, 0.25) is 0 Å². The molecule has 0 unspecified atom stereocenters. The highest BCUT2D eigenvalue weighted by molar-refractivity contribution is 4.83. The second-order valence-electron chi connectivity index (χ2n) is 4.19. The van der Waals surface area contributed by atoms with Gasteiger partial charge in [0.05, 0.1) is 12.7 Å². The van der Waals surface area contributed by atoms with Crippen LogP contribution in [0.15, 0.2) is 0 Å². The van der Waals surface area contributed by atoms with Crippen LogP contribution in [0.25, 0.3) is 0 Å². The Balaban J connectivity index is 3.71. The molecule has 0 aliphatic rings. The van der Waals surface area contributed by atoms with Crippen LogP contribution in [0.3, 0.4) is 0 Å². The van der Waals surface area contributed by atoms with Gasteiger partial charge >= 0.3 is 0 Å². The zero-order valence-corrected chi connectivity index (χ0v) is 10.5. The minimum atomic E-state index is 0.334. The lowest BCUT2D eigenvalue weighted by Crippen LogP contribution is -2.45. The molecular weight excluding hydrogens is 174 g/mol. The molecule has 0 aromatic rings. The van der Waals surface area contributed by atoms with E-state index in [1.54, 1.807) is 0 Å². The normalized spacial score (nSPS) is 12.4. The average molecular weight is 201 g/mol. The average Bonchev–Trinajstić information content (AvgIpc) is 2.19. The lowest BCUT2D eigenvalue weighted by Gasteiger charge is -2.32. The molecule has 1 N–H and O–H groups in total. The van der Waals surface area contributed by atoms with Crippen molar-refractivity contribution in [3.8, 4) is 0 Å². The molecule has 2 heteroatoms. The maximum Gasteiger partial charge on any atom is 0.0594 e. The third-order valence-electron chi connectivity index (χ3n) is 3.08. The van der Waals surface area contributed by atoms with Gasteiger partial charge in [-0.3, -0.25) is 0 Å². The van der Waals surface area contributed by atoms with Crippen molar-refractivity contribution in [1.29, 1.82) is 0 Å². The zero-order valence-electron chi connectivity index (χ0n) is 10.5. The van der Waals surface area contributed by atoms with E-state index < -0.39 is 0 Å². The van der Waals surface area contributed by atoms with Crippen molar-refractivity contribution in [2.75, 3.05) is 13.2 Å². The van der Waals surface area contributed by atoms with Gasteiger partial charge < -0.3 is 10.1 Å². The Morgan fingerprint density at radius 3 is 1.93 bits per heavy atom. The lowest BCUT2D eigenvalue weighted by atomic mass is 9.90. The molecule has 0 heterocycles. The highest BCUT2D eigenvalue weighted by Gasteiger charge is 2.22. The zero-order chi connectivity index (χ0) is 11.0. The van der Waals surface area contributed by atoms with Crippen LogP contribution in [0.4, 0.5) is 0 Å². The van der Waals surface area contributed by atoms with Gasteiger partial charge in [-0.25, -0.2) is 0 Å². The summed E-state index contributed by atoms with van der Waals surface area (Å²) < 4.78 is 5.51. The third-order valence-corrected chi connectivity index (χ3v) is 3.08. The number of rotatable bonds is 8. The quantitative estimate of drug-likeness (QED) is 0.610. The van der Waals surface area contributed by atoms with E-state index in [9.17, 15) is 0 Å². The Morgan fingerprint density at radius 1 is 1.07 bits per heavy atom. The van der Waals surface area contributed by atoms with E-state index in [0.717, 1.165) is 13.2 Å². The van der Waals surface area contributed by atoms with Crippen molar-refractivity contribution < 1.29 is 4.74 Å². The molecule has 0 saturated carbocycles. The van der Waals surface area contributed by atoms with E-state index in [-0.39, 0.29) is 0 Å². The van der Waals surface area contributed by atoms with Crippen LogP contribution in [0.2, 0.25) is 0 Å². The molecule has 0 aliphatic carbocycles. The van der Waals surface area contributed by atoms with Gasteiger partial charge in [0.25, 0.3) is 0 Å². The Labute approximate surface area is 89.4 Å². The predicted molar refractivity (Wildman–Crippen MR) is 62.7 cm³/mol. The molecule has 0 radical (unpaired) electrons.